The van der Waals surface area contributed by atoms with Crippen molar-refractivity contribution in [2.24, 2.45) is 0 Å². The van der Waals surface area contributed by atoms with Gasteiger partial charge in [-0.25, -0.2) is 4.39 Å². The first-order valence-corrected chi connectivity index (χ1v) is 10.5. The van der Waals surface area contributed by atoms with Crippen LogP contribution in [-0.2, 0) is 6.18 Å². The molecule has 1 aliphatic rings. The van der Waals surface area contributed by atoms with E-state index in [0.29, 0.717) is 21.3 Å². The molecule has 3 aromatic rings. The summed E-state index contributed by atoms with van der Waals surface area (Å²) in [4.78, 5) is 11.7. The van der Waals surface area contributed by atoms with Crippen LogP contribution in [0.1, 0.15) is 40.9 Å². The molecule has 32 heavy (non-hydrogen) atoms. The van der Waals surface area contributed by atoms with E-state index in [0.717, 1.165) is 37.0 Å². The third kappa shape index (κ3) is 6.11. The zero-order chi connectivity index (χ0) is 21.3. The molecule has 0 atom stereocenters. The Morgan fingerprint density at radius 1 is 0.938 bits per heavy atom. The number of carbonyl (C=O) groups excluding carboxylic acids is 1. The Kier molecular flexibility index (Phi) is 8.90. The van der Waals surface area contributed by atoms with Crippen molar-refractivity contribution < 1.29 is 22.4 Å². The van der Waals surface area contributed by atoms with Crippen molar-refractivity contribution in [1.29, 1.82) is 0 Å². The molecule has 1 saturated carbocycles. The second-order valence-corrected chi connectivity index (χ2v) is 8.58. The first kappa shape index (κ1) is 26.3. The third-order valence-electron chi connectivity index (χ3n) is 5.37. The molecule has 1 amide bonds. The molecule has 1 heterocycles. The van der Waals surface area contributed by atoms with Crippen LogP contribution in [0, 0.1) is 5.82 Å². The first-order chi connectivity index (χ1) is 14.3. The maximum Gasteiger partial charge on any atom is 0.425 e. The molecule has 174 valence electrons. The van der Waals surface area contributed by atoms with E-state index in [4.69, 9.17) is 0 Å². The van der Waals surface area contributed by atoms with Gasteiger partial charge in [0.1, 0.15) is 10.7 Å². The summed E-state index contributed by atoms with van der Waals surface area (Å²) in [7, 11) is 0. The minimum absolute atomic E-state index is 0. The monoisotopic (exact) mass is 504 g/mol. The molecule has 0 spiro atoms. The van der Waals surface area contributed by atoms with Gasteiger partial charge in [-0.3, -0.25) is 4.79 Å². The second kappa shape index (κ2) is 10.8. The predicted molar refractivity (Wildman–Crippen MR) is 131 cm³/mol. The Bertz CT molecular complexity index is 1050. The highest BCUT2D eigenvalue weighted by Gasteiger charge is 2.33. The number of benzene rings is 2. The van der Waals surface area contributed by atoms with Crippen LogP contribution in [0.4, 0.5) is 23.2 Å². The smallest absolute Gasteiger partial charge is 0.382 e. The fourth-order valence-electron chi connectivity index (χ4n) is 3.80. The van der Waals surface area contributed by atoms with Gasteiger partial charge >= 0.3 is 6.18 Å². The van der Waals surface area contributed by atoms with E-state index >= 15 is 0 Å². The number of halogens is 4. The second-order valence-electron chi connectivity index (χ2n) is 7.50. The van der Waals surface area contributed by atoms with Gasteiger partial charge in [-0.15, -0.1) is 11.3 Å². The van der Waals surface area contributed by atoms with Gasteiger partial charge in [0.2, 0.25) is 0 Å². The van der Waals surface area contributed by atoms with Crippen LogP contribution < -0.4 is 10.6 Å². The first-order valence-electron chi connectivity index (χ1n) is 9.72. The van der Waals surface area contributed by atoms with E-state index in [1.807, 2.05) is 0 Å². The SMILES string of the molecule is O=C(NC1CCC(Nc2cccc3sc(C(F)(F)F)cc23)CC1)c1ccc(F)cc1.S.S. The maximum absolute atomic E-state index is 13.0. The summed E-state index contributed by atoms with van der Waals surface area (Å²) in [5, 5.41) is 6.95. The Labute approximate surface area is 201 Å². The van der Waals surface area contributed by atoms with Gasteiger partial charge in [0.25, 0.3) is 5.91 Å². The third-order valence-corrected chi connectivity index (χ3v) is 6.51. The van der Waals surface area contributed by atoms with Gasteiger partial charge in [0, 0.05) is 33.4 Å². The molecular weight excluding hydrogens is 480 g/mol. The van der Waals surface area contributed by atoms with Crippen LogP contribution in [0.5, 0.6) is 0 Å². The van der Waals surface area contributed by atoms with Gasteiger partial charge in [-0.1, -0.05) is 6.07 Å². The molecule has 0 radical (unpaired) electrons. The standard InChI is InChI=1S/C22H20F4N2OS.2H2S/c23-14-6-4-13(5-7-14)21(29)28-16-10-8-15(9-11-16)27-18-2-1-3-19-17(18)12-20(30-19)22(24,25)26;;/h1-7,12,15-16,27H,8-11H2,(H,28,29);2*1H2. The van der Waals surface area contributed by atoms with Crippen molar-refractivity contribution in [1.82, 2.24) is 5.32 Å². The molecular formula is C22H24F4N2OS3. The van der Waals surface area contributed by atoms with Gasteiger partial charge in [-0.05, 0) is 68.1 Å². The van der Waals surface area contributed by atoms with E-state index in [2.05, 4.69) is 10.6 Å². The number of rotatable bonds is 4. The van der Waals surface area contributed by atoms with Crippen molar-refractivity contribution >= 4 is 60.0 Å². The number of carbonyl (C=O) groups is 1. The topological polar surface area (TPSA) is 41.1 Å². The number of nitrogens with one attached hydrogen (secondary N) is 2. The Hall–Kier alpha value is -1.91. The molecule has 0 unspecified atom stereocenters. The lowest BCUT2D eigenvalue weighted by molar-refractivity contribution is -0.134. The van der Waals surface area contributed by atoms with E-state index in [1.54, 1.807) is 18.2 Å². The van der Waals surface area contributed by atoms with E-state index in [1.165, 1.54) is 30.3 Å². The summed E-state index contributed by atoms with van der Waals surface area (Å²) in [6.07, 6.45) is -1.24. The average molecular weight is 505 g/mol. The zero-order valence-corrected chi connectivity index (χ0v) is 19.7. The summed E-state index contributed by atoms with van der Waals surface area (Å²) >= 11 is 0.750. The fraction of sp³-hybridized carbons (Fsp3) is 0.318. The number of hydrogen-bond acceptors (Lipinski definition) is 3. The summed E-state index contributed by atoms with van der Waals surface area (Å²) in [6, 6.07) is 12.0. The van der Waals surface area contributed by atoms with Crippen molar-refractivity contribution in [3.8, 4) is 0 Å². The highest BCUT2D eigenvalue weighted by atomic mass is 32.1. The van der Waals surface area contributed by atoms with E-state index in [-0.39, 0.29) is 50.8 Å². The number of anilines is 1. The number of thiophene rings is 1. The summed E-state index contributed by atoms with van der Waals surface area (Å²) in [6.45, 7) is 0. The normalized spacial score (nSPS) is 18.4. The summed E-state index contributed by atoms with van der Waals surface area (Å²) in [5.41, 5.74) is 1.12. The van der Waals surface area contributed by atoms with E-state index in [9.17, 15) is 22.4 Å². The lowest BCUT2D eigenvalue weighted by Crippen LogP contribution is -2.40. The molecule has 2 aromatic carbocycles. The van der Waals surface area contributed by atoms with Crippen molar-refractivity contribution in [3.05, 3.63) is 64.8 Å². The van der Waals surface area contributed by atoms with Crippen LogP contribution >= 0.6 is 38.3 Å². The Morgan fingerprint density at radius 2 is 1.56 bits per heavy atom. The molecule has 2 N–H and O–H groups in total. The number of amides is 1. The lowest BCUT2D eigenvalue weighted by Gasteiger charge is -2.30. The number of fused-ring (bicyclic) bond motifs is 1. The van der Waals surface area contributed by atoms with Crippen LogP contribution in [0.25, 0.3) is 10.1 Å². The van der Waals surface area contributed by atoms with Crippen LogP contribution in [0.3, 0.4) is 0 Å². The minimum Gasteiger partial charge on any atom is -0.382 e. The predicted octanol–water partition coefficient (Wildman–Crippen LogP) is 6.44. The van der Waals surface area contributed by atoms with Gasteiger partial charge in [0.05, 0.1) is 0 Å². The molecule has 3 nitrogen and oxygen atoms in total. The van der Waals surface area contributed by atoms with Gasteiger partial charge < -0.3 is 10.6 Å². The van der Waals surface area contributed by atoms with Crippen LogP contribution in [0.2, 0.25) is 0 Å². The molecule has 1 aromatic heterocycles. The number of hydrogen-bond donors (Lipinski definition) is 2. The largest absolute Gasteiger partial charge is 0.425 e. The highest BCUT2D eigenvalue weighted by Crippen LogP contribution is 2.40. The maximum atomic E-state index is 13.0. The summed E-state index contributed by atoms with van der Waals surface area (Å²) < 4.78 is 52.7. The minimum atomic E-state index is -4.35. The van der Waals surface area contributed by atoms with E-state index < -0.39 is 11.1 Å². The van der Waals surface area contributed by atoms with Crippen molar-refractivity contribution in [3.63, 3.8) is 0 Å². The average Bonchev–Trinajstić information content (AvgIpc) is 3.16. The molecule has 0 saturated heterocycles. The molecule has 0 bridgehead atoms. The molecule has 4 rings (SSSR count). The van der Waals surface area contributed by atoms with Crippen LogP contribution in [0.15, 0.2) is 48.5 Å². The fourth-order valence-corrected chi connectivity index (χ4v) is 4.75. The van der Waals surface area contributed by atoms with Gasteiger partial charge in [-0.2, -0.15) is 40.2 Å². The molecule has 10 heteroatoms. The molecule has 1 aliphatic carbocycles. The molecule has 1 fully saturated rings. The quantitative estimate of drug-likeness (QED) is 0.402. The van der Waals surface area contributed by atoms with Crippen molar-refractivity contribution in [2.45, 2.75) is 43.9 Å². The number of alkyl halides is 3. The summed E-state index contributed by atoms with van der Waals surface area (Å²) in [5.74, 6) is -0.616. The highest BCUT2D eigenvalue weighted by molar-refractivity contribution is 7.59. The Morgan fingerprint density at radius 3 is 2.19 bits per heavy atom. The molecule has 0 aliphatic heterocycles. The van der Waals surface area contributed by atoms with Gasteiger partial charge in [0.15, 0.2) is 0 Å². The Balaban J connectivity index is 0.00000181. The van der Waals surface area contributed by atoms with Crippen molar-refractivity contribution in [2.75, 3.05) is 5.32 Å². The van der Waals surface area contributed by atoms with Crippen LogP contribution in [-0.4, -0.2) is 18.0 Å². The lowest BCUT2D eigenvalue weighted by atomic mass is 9.90. The zero-order valence-electron chi connectivity index (χ0n) is 16.9.